The van der Waals surface area contributed by atoms with E-state index in [2.05, 4.69) is 13.8 Å². The number of carbonyl (C=O) groups is 1. The van der Waals surface area contributed by atoms with E-state index in [1.807, 2.05) is 12.2 Å². The molecule has 248 valence electrons. The van der Waals surface area contributed by atoms with Crippen molar-refractivity contribution in [2.75, 3.05) is 0 Å². The molecule has 0 amide bonds. The molecule has 0 aliphatic heterocycles. The van der Waals surface area contributed by atoms with Gasteiger partial charge in [-0.2, -0.15) is 0 Å². The second-order valence-electron chi connectivity index (χ2n) is 13.0. The van der Waals surface area contributed by atoms with E-state index in [1.165, 1.54) is 199 Å². The number of hydrogen-bond acceptors (Lipinski definition) is 2. The van der Waals surface area contributed by atoms with Crippen LogP contribution in [0.5, 0.6) is 0 Å². The summed E-state index contributed by atoms with van der Waals surface area (Å²) in [5, 5.41) is 0. The molecule has 0 aromatic carbocycles. The summed E-state index contributed by atoms with van der Waals surface area (Å²) < 4.78 is 5.19. The third-order valence-corrected chi connectivity index (χ3v) is 8.73. The van der Waals surface area contributed by atoms with Crippen molar-refractivity contribution in [2.24, 2.45) is 0 Å². The highest BCUT2D eigenvalue weighted by molar-refractivity contribution is 5.82. The Hall–Kier alpha value is -1.05. The highest BCUT2D eigenvalue weighted by Crippen LogP contribution is 2.15. The van der Waals surface area contributed by atoms with E-state index in [1.54, 1.807) is 12.3 Å². The number of rotatable bonds is 35. The minimum absolute atomic E-state index is 0.237. The summed E-state index contributed by atoms with van der Waals surface area (Å²) in [5.74, 6) is -0.237. The van der Waals surface area contributed by atoms with Crippen LogP contribution in [0, 0.1) is 0 Å². The Labute approximate surface area is 265 Å². The number of ether oxygens (including phenoxy) is 1. The van der Waals surface area contributed by atoms with E-state index in [9.17, 15) is 4.79 Å². The summed E-state index contributed by atoms with van der Waals surface area (Å²) in [6.45, 7) is 4.58. The summed E-state index contributed by atoms with van der Waals surface area (Å²) in [4.78, 5) is 11.8. The first-order valence-electron chi connectivity index (χ1n) is 19.3. The molecule has 0 aliphatic rings. The molecule has 2 nitrogen and oxygen atoms in total. The first-order chi connectivity index (χ1) is 20.8. The normalized spacial score (nSPS) is 11.8. The van der Waals surface area contributed by atoms with Gasteiger partial charge in [-0.15, -0.1) is 0 Å². The van der Waals surface area contributed by atoms with Crippen molar-refractivity contribution in [1.82, 2.24) is 0 Å². The zero-order valence-electron chi connectivity index (χ0n) is 29.0. The van der Waals surface area contributed by atoms with E-state index in [0.29, 0.717) is 0 Å². The highest BCUT2D eigenvalue weighted by Gasteiger charge is 1.97. The largest absolute Gasteiger partial charge is 0.432 e. The van der Waals surface area contributed by atoms with Crippen LogP contribution in [0.1, 0.15) is 226 Å². The lowest BCUT2D eigenvalue weighted by Crippen LogP contribution is -1.93. The molecule has 0 aromatic rings. The molecule has 0 fully saturated rings. The molecule has 0 rings (SSSR count). The van der Waals surface area contributed by atoms with Gasteiger partial charge < -0.3 is 4.74 Å². The van der Waals surface area contributed by atoms with Crippen LogP contribution in [-0.4, -0.2) is 5.97 Å². The Morgan fingerprint density at radius 1 is 0.381 bits per heavy atom. The molecular formula is C40H76O2. The molecule has 0 N–H and O–H groups in total. The summed E-state index contributed by atoms with van der Waals surface area (Å²) in [6.07, 6.45) is 52.3. The van der Waals surface area contributed by atoms with E-state index in [-0.39, 0.29) is 5.97 Å². The summed E-state index contributed by atoms with van der Waals surface area (Å²) in [5.41, 5.74) is 0. The van der Waals surface area contributed by atoms with E-state index in [4.69, 9.17) is 4.74 Å². The third kappa shape index (κ3) is 37.0. The van der Waals surface area contributed by atoms with E-state index >= 15 is 0 Å². The predicted molar refractivity (Wildman–Crippen MR) is 188 cm³/mol. The van der Waals surface area contributed by atoms with Gasteiger partial charge in [0, 0.05) is 6.08 Å². The van der Waals surface area contributed by atoms with Gasteiger partial charge >= 0.3 is 5.97 Å². The second-order valence-corrected chi connectivity index (χ2v) is 13.0. The Bertz CT molecular complexity index is 564. The van der Waals surface area contributed by atoms with Gasteiger partial charge in [0.05, 0.1) is 6.26 Å². The van der Waals surface area contributed by atoms with Crippen molar-refractivity contribution >= 4 is 5.97 Å². The molecular weight excluding hydrogens is 512 g/mol. The Morgan fingerprint density at radius 3 is 0.952 bits per heavy atom. The van der Waals surface area contributed by atoms with Gasteiger partial charge in [0.2, 0.25) is 0 Å². The van der Waals surface area contributed by atoms with Crippen LogP contribution < -0.4 is 0 Å². The second kappa shape index (κ2) is 38.0. The monoisotopic (exact) mass is 589 g/mol. The van der Waals surface area contributed by atoms with Crippen LogP contribution >= 0.6 is 0 Å². The van der Waals surface area contributed by atoms with E-state index in [0.717, 1.165) is 12.8 Å². The molecule has 42 heavy (non-hydrogen) atoms. The SMILES string of the molecule is CCCCCCCCCCCCCCCCC=COC(=O)C=CCCCCCCCCCCCCCCCCCCC. The highest BCUT2D eigenvalue weighted by atomic mass is 16.5. The molecule has 0 aliphatic carbocycles. The zero-order valence-corrected chi connectivity index (χ0v) is 29.0. The van der Waals surface area contributed by atoms with Gasteiger partial charge in [0.15, 0.2) is 0 Å². The van der Waals surface area contributed by atoms with E-state index < -0.39 is 0 Å². The average Bonchev–Trinajstić information content (AvgIpc) is 3.00. The van der Waals surface area contributed by atoms with Crippen molar-refractivity contribution in [3.63, 3.8) is 0 Å². The minimum Gasteiger partial charge on any atom is -0.432 e. The standard InChI is InChI=1S/C40H76O2/c1-3-5-7-9-11-13-15-17-19-21-22-23-24-26-28-30-32-34-36-38-40(41)42-39-37-35-33-31-29-27-25-20-18-16-14-12-10-8-6-4-2/h36-39H,3-35H2,1-2H3. The van der Waals surface area contributed by atoms with Crippen molar-refractivity contribution in [2.45, 2.75) is 226 Å². The molecule has 0 spiro atoms. The number of carbonyl (C=O) groups excluding carboxylic acids is 1. The summed E-state index contributed by atoms with van der Waals surface area (Å²) in [6, 6.07) is 0. The summed E-state index contributed by atoms with van der Waals surface area (Å²) in [7, 11) is 0. The molecule has 0 aromatic heterocycles. The topological polar surface area (TPSA) is 26.3 Å². The molecule has 0 saturated carbocycles. The van der Waals surface area contributed by atoms with Crippen LogP contribution in [0.25, 0.3) is 0 Å². The fourth-order valence-electron chi connectivity index (χ4n) is 5.85. The Morgan fingerprint density at radius 2 is 0.643 bits per heavy atom. The molecule has 0 radical (unpaired) electrons. The van der Waals surface area contributed by atoms with Gasteiger partial charge in [-0.05, 0) is 31.8 Å². The number of unbranched alkanes of at least 4 members (excludes halogenated alkanes) is 31. The van der Waals surface area contributed by atoms with Crippen LogP contribution in [-0.2, 0) is 9.53 Å². The van der Waals surface area contributed by atoms with Crippen molar-refractivity contribution in [3.05, 3.63) is 24.5 Å². The zero-order chi connectivity index (χ0) is 30.4. The average molecular weight is 589 g/mol. The molecule has 0 saturated heterocycles. The third-order valence-electron chi connectivity index (χ3n) is 8.73. The fourth-order valence-corrected chi connectivity index (χ4v) is 5.85. The van der Waals surface area contributed by atoms with Gasteiger partial charge in [-0.25, -0.2) is 4.79 Å². The van der Waals surface area contributed by atoms with Gasteiger partial charge in [-0.1, -0.05) is 206 Å². The minimum atomic E-state index is -0.237. The van der Waals surface area contributed by atoms with Crippen LogP contribution in [0.2, 0.25) is 0 Å². The lowest BCUT2D eigenvalue weighted by Gasteiger charge is -2.03. The lowest BCUT2D eigenvalue weighted by molar-refractivity contribution is -0.132. The predicted octanol–water partition coefficient (Wildman–Crippen LogP) is 14.5. The van der Waals surface area contributed by atoms with Gasteiger partial charge in [0.25, 0.3) is 0 Å². The number of hydrogen-bond donors (Lipinski definition) is 0. The first-order valence-corrected chi connectivity index (χ1v) is 19.3. The quantitative estimate of drug-likeness (QED) is 0.0318. The van der Waals surface area contributed by atoms with Crippen LogP contribution in [0.15, 0.2) is 24.5 Å². The van der Waals surface area contributed by atoms with Crippen LogP contribution in [0.3, 0.4) is 0 Å². The maximum absolute atomic E-state index is 11.8. The number of esters is 1. The molecule has 2 heteroatoms. The number of allylic oxidation sites excluding steroid dienone is 2. The van der Waals surface area contributed by atoms with Crippen molar-refractivity contribution < 1.29 is 9.53 Å². The van der Waals surface area contributed by atoms with Gasteiger partial charge in [-0.3, -0.25) is 0 Å². The van der Waals surface area contributed by atoms with Gasteiger partial charge in [0.1, 0.15) is 0 Å². The Balaban J connectivity index is 3.27. The summed E-state index contributed by atoms with van der Waals surface area (Å²) >= 11 is 0. The maximum Gasteiger partial charge on any atom is 0.335 e. The lowest BCUT2D eigenvalue weighted by atomic mass is 10.0. The Kier molecular flexibility index (Phi) is 37.0. The maximum atomic E-state index is 11.8. The fraction of sp³-hybridized carbons (Fsp3) is 0.875. The first kappa shape index (κ1) is 41.0. The van der Waals surface area contributed by atoms with Crippen molar-refractivity contribution in [3.8, 4) is 0 Å². The molecule has 0 unspecified atom stereocenters. The molecule has 0 atom stereocenters. The molecule has 0 bridgehead atoms. The molecule has 0 heterocycles. The smallest absolute Gasteiger partial charge is 0.335 e. The van der Waals surface area contributed by atoms with Crippen LogP contribution in [0.4, 0.5) is 0 Å². The van der Waals surface area contributed by atoms with Crippen molar-refractivity contribution in [1.29, 1.82) is 0 Å².